The Hall–Kier alpha value is -3.43. The highest BCUT2D eigenvalue weighted by atomic mass is 16.5. The average Bonchev–Trinajstić information content (AvgIpc) is 3.40. The molecule has 0 bridgehead atoms. The Bertz CT molecular complexity index is 1140. The second-order valence-corrected chi connectivity index (χ2v) is 9.60. The number of benzene rings is 2. The van der Waals surface area contributed by atoms with E-state index in [0.717, 1.165) is 35.5 Å². The zero-order chi connectivity index (χ0) is 27.1. The SMILES string of the molecule is CCC(=O)N(CCN1CCOCC1)CC(=O)N1N=C(c2ccc(OC)cc2OC)C[C@H]1c1ccc(C)cc1. The summed E-state index contributed by atoms with van der Waals surface area (Å²) in [6.45, 7) is 8.10. The number of hydrazone groups is 1. The number of aryl methyl sites for hydroxylation is 1. The summed E-state index contributed by atoms with van der Waals surface area (Å²) in [7, 11) is 3.22. The summed E-state index contributed by atoms with van der Waals surface area (Å²) in [5.41, 5.74) is 3.71. The number of hydrogen-bond acceptors (Lipinski definition) is 7. The van der Waals surface area contributed by atoms with E-state index in [1.54, 1.807) is 24.1 Å². The van der Waals surface area contributed by atoms with Crippen LogP contribution in [-0.2, 0) is 14.3 Å². The number of morpholine rings is 1. The van der Waals surface area contributed by atoms with E-state index in [9.17, 15) is 9.59 Å². The largest absolute Gasteiger partial charge is 0.497 e. The van der Waals surface area contributed by atoms with Gasteiger partial charge in [-0.3, -0.25) is 14.5 Å². The minimum atomic E-state index is -0.275. The molecular weight excluding hydrogens is 484 g/mol. The van der Waals surface area contributed by atoms with Crippen LogP contribution in [0.1, 0.15) is 42.5 Å². The van der Waals surface area contributed by atoms with Crippen LogP contribution in [0.25, 0.3) is 0 Å². The highest BCUT2D eigenvalue weighted by Crippen LogP contribution is 2.36. The fourth-order valence-electron chi connectivity index (χ4n) is 4.83. The molecule has 0 radical (unpaired) electrons. The number of amides is 2. The topological polar surface area (TPSA) is 83.9 Å². The smallest absolute Gasteiger partial charge is 0.262 e. The number of rotatable bonds is 10. The predicted octanol–water partition coefficient (Wildman–Crippen LogP) is 3.26. The van der Waals surface area contributed by atoms with Crippen molar-refractivity contribution in [3.8, 4) is 11.5 Å². The van der Waals surface area contributed by atoms with Gasteiger partial charge in [-0.1, -0.05) is 36.8 Å². The van der Waals surface area contributed by atoms with E-state index >= 15 is 0 Å². The summed E-state index contributed by atoms with van der Waals surface area (Å²) in [6.07, 6.45) is 0.877. The molecule has 2 aromatic carbocycles. The fraction of sp³-hybridized carbons (Fsp3) is 0.483. The molecule has 0 spiro atoms. The standard InChI is InChI=1S/C29H38N4O5/c1-5-28(34)32(13-12-31-14-16-38-17-15-31)20-29(35)33-26(22-8-6-21(2)7-9-22)19-25(30-33)24-11-10-23(36-3)18-27(24)37-4/h6-11,18,26H,5,12-17,19-20H2,1-4H3/t26-/m0/s1. The maximum atomic E-state index is 13.7. The molecule has 38 heavy (non-hydrogen) atoms. The average molecular weight is 523 g/mol. The van der Waals surface area contributed by atoms with Gasteiger partial charge in [-0.05, 0) is 24.6 Å². The van der Waals surface area contributed by atoms with E-state index in [0.29, 0.717) is 50.6 Å². The lowest BCUT2D eigenvalue weighted by atomic mass is 9.97. The highest BCUT2D eigenvalue weighted by Gasteiger charge is 2.35. The molecule has 9 nitrogen and oxygen atoms in total. The maximum absolute atomic E-state index is 13.7. The lowest BCUT2D eigenvalue weighted by Gasteiger charge is -2.31. The van der Waals surface area contributed by atoms with Gasteiger partial charge in [0.2, 0.25) is 5.91 Å². The second-order valence-electron chi connectivity index (χ2n) is 9.60. The van der Waals surface area contributed by atoms with E-state index in [-0.39, 0.29) is 24.4 Å². The molecule has 0 N–H and O–H groups in total. The normalized spacial score (nSPS) is 17.7. The van der Waals surface area contributed by atoms with Crippen LogP contribution >= 0.6 is 0 Å². The summed E-state index contributed by atoms with van der Waals surface area (Å²) < 4.78 is 16.4. The Kier molecular flexibility index (Phi) is 9.36. The second kappa shape index (κ2) is 12.9. The maximum Gasteiger partial charge on any atom is 0.262 e. The Morgan fingerprint density at radius 1 is 1.08 bits per heavy atom. The molecule has 2 aliphatic rings. The molecule has 9 heteroatoms. The van der Waals surface area contributed by atoms with Gasteiger partial charge in [0, 0.05) is 50.7 Å². The predicted molar refractivity (Wildman–Crippen MR) is 146 cm³/mol. The van der Waals surface area contributed by atoms with Crippen molar-refractivity contribution in [1.29, 1.82) is 0 Å². The molecule has 1 saturated heterocycles. The van der Waals surface area contributed by atoms with Crippen molar-refractivity contribution in [2.45, 2.75) is 32.7 Å². The van der Waals surface area contributed by atoms with Gasteiger partial charge in [0.05, 0.1) is 39.2 Å². The van der Waals surface area contributed by atoms with Gasteiger partial charge in [-0.15, -0.1) is 0 Å². The molecular formula is C29H38N4O5. The first-order chi connectivity index (χ1) is 18.4. The molecule has 1 atom stereocenters. The lowest BCUT2D eigenvalue weighted by molar-refractivity contribution is -0.141. The third-order valence-electron chi connectivity index (χ3n) is 7.12. The Morgan fingerprint density at radius 3 is 2.47 bits per heavy atom. The molecule has 2 amide bonds. The Balaban J connectivity index is 1.59. The minimum absolute atomic E-state index is 0.0180. The van der Waals surface area contributed by atoms with Crippen molar-refractivity contribution in [2.75, 3.05) is 60.2 Å². The number of ether oxygens (including phenoxy) is 3. The Labute approximate surface area is 224 Å². The van der Waals surface area contributed by atoms with Gasteiger partial charge in [-0.2, -0.15) is 5.10 Å². The minimum Gasteiger partial charge on any atom is -0.497 e. The van der Waals surface area contributed by atoms with Crippen molar-refractivity contribution in [3.63, 3.8) is 0 Å². The van der Waals surface area contributed by atoms with Crippen LogP contribution in [0, 0.1) is 6.92 Å². The molecule has 0 aromatic heterocycles. The molecule has 0 aliphatic carbocycles. The molecule has 1 fully saturated rings. The van der Waals surface area contributed by atoms with Gasteiger partial charge in [0.15, 0.2) is 0 Å². The number of hydrogen-bond donors (Lipinski definition) is 0. The molecule has 204 valence electrons. The van der Waals surface area contributed by atoms with Crippen molar-refractivity contribution < 1.29 is 23.8 Å². The summed E-state index contributed by atoms with van der Waals surface area (Å²) >= 11 is 0. The first kappa shape index (κ1) is 27.6. The first-order valence-corrected chi connectivity index (χ1v) is 13.2. The molecule has 2 heterocycles. The summed E-state index contributed by atoms with van der Waals surface area (Å²) in [5, 5.41) is 6.36. The third kappa shape index (κ3) is 6.52. The van der Waals surface area contributed by atoms with Crippen LogP contribution in [-0.4, -0.2) is 92.5 Å². The fourth-order valence-corrected chi connectivity index (χ4v) is 4.83. The van der Waals surface area contributed by atoms with E-state index < -0.39 is 0 Å². The van der Waals surface area contributed by atoms with Crippen LogP contribution in [0.15, 0.2) is 47.6 Å². The Morgan fingerprint density at radius 2 is 1.82 bits per heavy atom. The van der Waals surface area contributed by atoms with Crippen LogP contribution < -0.4 is 9.47 Å². The number of carbonyl (C=O) groups excluding carboxylic acids is 2. The van der Waals surface area contributed by atoms with E-state index in [2.05, 4.69) is 4.90 Å². The van der Waals surface area contributed by atoms with Crippen molar-refractivity contribution in [2.24, 2.45) is 5.10 Å². The quantitative estimate of drug-likeness (QED) is 0.476. The van der Waals surface area contributed by atoms with Gasteiger partial charge in [0.1, 0.15) is 18.0 Å². The van der Waals surface area contributed by atoms with Crippen molar-refractivity contribution in [1.82, 2.24) is 14.8 Å². The van der Waals surface area contributed by atoms with Gasteiger partial charge in [-0.25, -0.2) is 5.01 Å². The van der Waals surface area contributed by atoms with E-state index in [4.69, 9.17) is 19.3 Å². The van der Waals surface area contributed by atoms with Crippen molar-refractivity contribution >= 4 is 17.5 Å². The number of methoxy groups -OCH3 is 2. The summed E-state index contributed by atoms with van der Waals surface area (Å²) in [4.78, 5) is 30.5. The summed E-state index contributed by atoms with van der Waals surface area (Å²) in [5.74, 6) is 1.06. The summed E-state index contributed by atoms with van der Waals surface area (Å²) in [6, 6.07) is 13.5. The third-order valence-corrected chi connectivity index (χ3v) is 7.12. The van der Waals surface area contributed by atoms with Gasteiger partial charge in [0.25, 0.3) is 5.91 Å². The monoisotopic (exact) mass is 522 g/mol. The van der Waals surface area contributed by atoms with Crippen LogP contribution in [0.5, 0.6) is 11.5 Å². The van der Waals surface area contributed by atoms with Crippen LogP contribution in [0.4, 0.5) is 0 Å². The zero-order valence-electron chi connectivity index (χ0n) is 22.8. The highest BCUT2D eigenvalue weighted by molar-refractivity contribution is 6.05. The lowest BCUT2D eigenvalue weighted by Crippen LogP contribution is -2.46. The number of carbonyl (C=O) groups is 2. The van der Waals surface area contributed by atoms with Crippen molar-refractivity contribution in [3.05, 3.63) is 59.2 Å². The van der Waals surface area contributed by atoms with Gasteiger partial charge >= 0.3 is 0 Å². The molecule has 2 aromatic rings. The van der Waals surface area contributed by atoms with Crippen LogP contribution in [0.2, 0.25) is 0 Å². The molecule has 2 aliphatic heterocycles. The molecule has 0 unspecified atom stereocenters. The zero-order valence-corrected chi connectivity index (χ0v) is 22.8. The van der Waals surface area contributed by atoms with Crippen LogP contribution in [0.3, 0.4) is 0 Å². The van der Waals surface area contributed by atoms with Gasteiger partial charge < -0.3 is 19.1 Å². The molecule has 4 rings (SSSR count). The first-order valence-electron chi connectivity index (χ1n) is 13.2. The van der Waals surface area contributed by atoms with E-state index in [1.807, 2.05) is 56.3 Å². The van der Waals surface area contributed by atoms with E-state index in [1.165, 1.54) is 0 Å². The number of nitrogens with zero attached hydrogens (tertiary/aromatic N) is 4. The molecule has 0 saturated carbocycles.